The molecule has 2 N–H and O–H groups in total. The first-order valence-corrected chi connectivity index (χ1v) is 5.94. The van der Waals surface area contributed by atoms with Crippen molar-refractivity contribution in [3.63, 3.8) is 0 Å². The monoisotopic (exact) mass is 261 g/mol. The normalized spacial score (nSPS) is 12.7. The molecule has 6 heteroatoms. The lowest BCUT2D eigenvalue weighted by molar-refractivity contribution is 0.171. The zero-order valence-electron chi connectivity index (χ0n) is 10.8. The maximum atomic E-state index is 5.89. The average Bonchev–Trinajstić information content (AvgIpc) is 2.95. The van der Waals surface area contributed by atoms with E-state index in [1.807, 2.05) is 25.1 Å². The van der Waals surface area contributed by atoms with E-state index in [9.17, 15) is 0 Å². The maximum Gasteiger partial charge on any atom is 0.231 e. The third-order valence-electron chi connectivity index (χ3n) is 2.98. The first-order valence-electron chi connectivity index (χ1n) is 5.94. The Morgan fingerprint density at radius 3 is 2.89 bits per heavy atom. The molecule has 0 fully saturated rings. The summed E-state index contributed by atoms with van der Waals surface area (Å²) in [6.45, 7) is 2.69. The number of fused-ring (bicyclic) bond motifs is 1. The van der Waals surface area contributed by atoms with Crippen molar-refractivity contribution >= 4 is 5.82 Å². The van der Waals surface area contributed by atoms with E-state index in [2.05, 4.69) is 5.10 Å². The second kappa shape index (κ2) is 4.38. The highest BCUT2D eigenvalue weighted by molar-refractivity contribution is 5.55. The number of hydrogen-bond acceptors (Lipinski definition) is 5. The first kappa shape index (κ1) is 11.7. The van der Waals surface area contributed by atoms with Crippen molar-refractivity contribution in [1.82, 2.24) is 9.78 Å². The van der Waals surface area contributed by atoms with Gasteiger partial charge < -0.3 is 19.9 Å². The summed E-state index contributed by atoms with van der Waals surface area (Å²) in [5.74, 6) is 2.63. The number of benzene rings is 1. The molecule has 1 aromatic heterocycles. The summed E-state index contributed by atoms with van der Waals surface area (Å²) in [4.78, 5) is 0. The largest absolute Gasteiger partial charge is 0.493 e. The number of methoxy groups -OCH3 is 1. The summed E-state index contributed by atoms with van der Waals surface area (Å²) in [5.41, 5.74) is 7.78. The molecule has 2 heterocycles. The van der Waals surface area contributed by atoms with Gasteiger partial charge in [-0.1, -0.05) is 0 Å². The maximum absolute atomic E-state index is 5.89. The fourth-order valence-electron chi connectivity index (χ4n) is 2.14. The molecule has 0 unspecified atom stereocenters. The molecule has 0 amide bonds. The van der Waals surface area contributed by atoms with Gasteiger partial charge in [0, 0.05) is 6.07 Å². The highest BCUT2D eigenvalue weighted by atomic mass is 16.7. The number of hydrogen-bond donors (Lipinski definition) is 1. The molecule has 0 radical (unpaired) electrons. The van der Waals surface area contributed by atoms with Crippen LogP contribution in [-0.2, 0) is 6.54 Å². The van der Waals surface area contributed by atoms with Crippen LogP contribution in [0.2, 0.25) is 0 Å². The third kappa shape index (κ3) is 2.05. The van der Waals surface area contributed by atoms with Crippen molar-refractivity contribution in [2.75, 3.05) is 19.6 Å². The van der Waals surface area contributed by atoms with Gasteiger partial charge in [0.1, 0.15) is 5.82 Å². The Balaban J connectivity index is 1.95. The van der Waals surface area contributed by atoms with Crippen LogP contribution in [0.15, 0.2) is 18.2 Å². The Kier molecular flexibility index (Phi) is 2.70. The van der Waals surface area contributed by atoms with Crippen molar-refractivity contribution in [1.29, 1.82) is 0 Å². The van der Waals surface area contributed by atoms with Gasteiger partial charge >= 0.3 is 0 Å². The Morgan fingerprint density at radius 2 is 2.21 bits per heavy atom. The summed E-state index contributed by atoms with van der Waals surface area (Å²) >= 11 is 0. The minimum Gasteiger partial charge on any atom is -0.493 e. The minimum absolute atomic E-state index is 0.220. The lowest BCUT2D eigenvalue weighted by Gasteiger charge is -2.09. The van der Waals surface area contributed by atoms with Crippen LogP contribution >= 0.6 is 0 Å². The van der Waals surface area contributed by atoms with Gasteiger partial charge in [0.05, 0.1) is 19.3 Å². The molecule has 0 saturated heterocycles. The fourth-order valence-corrected chi connectivity index (χ4v) is 2.14. The van der Waals surface area contributed by atoms with E-state index in [0.29, 0.717) is 29.6 Å². The number of aryl methyl sites for hydroxylation is 1. The Hall–Kier alpha value is -2.37. The van der Waals surface area contributed by atoms with Crippen LogP contribution in [0.5, 0.6) is 17.2 Å². The molecule has 2 aromatic rings. The molecule has 0 bridgehead atoms. The predicted molar refractivity (Wildman–Crippen MR) is 69.6 cm³/mol. The van der Waals surface area contributed by atoms with Crippen molar-refractivity contribution in [3.05, 3.63) is 29.5 Å². The van der Waals surface area contributed by atoms with Gasteiger partial charge in [0.2, 0.25) is 12.5 Å². The zero-order chi connectivity index (χ0) is 13.4. The van der Waals surface area contributed by atoms with Gasteiger partial charge in [-0.3, -0.25) is 0 Å². The molecule has 0 atom stereocenters. The molecule has 0 aliphatic carbocycles. The van der Waals surface area contributed by atoms with Crippen molar-refractivity contribution < 1.29 is 14.2 Å². The van der Waals surface area contributed by atoms with Crippen LogP contribution in [0, 0.1) is 6.92 Å². The number of nitrogens with zero attached hydrogens (tertiary/aromatic N) is 2. The second-order valence-corrected chi connectivity index (χ2v) is 4.40. The van der Waals surface area contributed by atoms with Gasteiger partial charge in [-0.25, -0.2) is 4.68 Å². The highest BCUT2D eigenvalue weighted by Gasteiger charge is 2.20. The number of nitrogen functional groups attached to an aromatic ring is 1. The van der Waals surface area contributed by atoms with E-state index < -0.39 is 0 Å². The average molecular weight is 261 g/mol. The Labute approximate surface area is 110 Å². The fraction of sp³-hybridized carbons (Fsp3) is 0.308. The topological polar surface area (TPSA) is 71.5 Å². The van der Waals surface area contributed by atoms with Crippen molar-refractivity contribution in [2.24, 2.45) is 0 Å². The van der Waals surface area contributed by atoms with Gasteiger partial charge in [-0.2, -0.15) is 5.10 Å². The summed E-state index contributed by atoms with van der Waals surface area (Å²) in [6, 6.07) is 5.66. The lowest BCUT2D eigenvalue weighted by Crippen LogP contribution is -2.06. The van der Waals surface area contributed by atoms with Crippen molar-refractivity contribution in [2.45, 2.75) is 13.5 Å². The van der Waals surface area contributed by atoms with Crippen LogP contribution in [0.3, 0.4) is 0 Å². The SMILES string of the molecule is COc1cc(Cn2nc(C)cc2N)cc2c1OCO2. The summed E-state index contributed by atoms with van der Waals surface area (Å²) in [5, 5.41) is 4.33. The molecular weight excluding hydrogens is 246 g/mol. The number of rotatable bonds is 3. The van der Waals surface area contributed by atoms with Crippen LogP contribution in [0.4, 0.5) is 5.82 Å². The van der Waals surface area contributed by atoms with E-state index in [1.165, 1.54) is 0 Å². The molecule has 1 aliphatic rings. The Bertz CT molecular complexity index is 622. The molecule has 0 spiro atoms. The zero-order valence-corrected chi connectivity index (χ0v) is 10.8. The van der Waals surface area contributed by atoms with Crippen molar-refractivity contribution in [3.8, 4) is 17.2 Å². The minimum atomic E-state index is 0.220. The summed E-state index contributed by atoms with van der Waals surface area (Å²) < 4.78 is 17.8. The van der Waals surface area contributed by atoms with Crippen LogP contribution in [0.1, 0.15) is 11.3 Å². The number of anilines is 1. The first-order chi connectivity index (χ1) is 9.17. The van der Waals surface area contributed by atoms with E-state index in [-0.39, 0.29) is 6.79 Å². The highest BCUT2D eigenvalue weighted by Crippen LogP contribution is 2.41. The number of aromatic nitrogens is 2. The van der Waals surface area contributed by atoms with Crippen LogP contribution in [0.25, 0.3) is 0 Å². The van der Waals surface area contributed by atoms with E-state index in [0.717, 1.165) is 11.3 Å². The molecule has 1 aromatic carbocycles. The summed E-state index contributed by atoms with van der Waals surface area (Å²) in [6.07, 6.45) is 0. The number of ether oxygens (including phenoxy) is 3. The lowest BCUT2D eigenvalue weighted by atomic mass is 10.2. The standard InChI is InChI=1S/C13H15N3O3/c1-8-3-12(14)16(15-8)6-9-4-10(17-2)13-11(5-9)18-7-19-13/h3-5H,6-7,14H2,1-2H3. The number of nitrogens with two attached hydrogens (primary N) is 1. The molecule has 100 valence electrons. The molecule has 6 nitrogen and oxygen atoms in total. The Morgan fingerprint density at radius 1 is 1.37 bits per heavy atom. The van der Waals surface area contributed by atoms with E-state index in [1.54, 1.807) is 11.8 Å². The quantitative estimate of drug-likeness (QED) is 0.907. The van der Waals surface area contributed by atoms with E-state index in [4.69, 9.17) is 19.9 Å². The van der Waals surface area contributed by atoms with E-state index >= 15 is 0 Å². The molecule has 3 rings (SSSR count). The molecular formula is C13H15N3O3. The summed E-state index contributed by atoms with van der Waals surface area (Å²) in [7, 11) is 1.60. The van der Waals surface area contributed by atoms with Gasteiger partial charge in [-0.05, 0) is 24.6 Å². The van der Waals surface area contributed by atoms with Gasteiger partial charge in [-0.15, -0.1) is 0 Å². The molecule has 0 saturated carbocycles. The smallest absolute Gasteiger partial charge is 0.231 e. The van der Waals surface area contributed by atoms with Gasteiger partial charge in [0.15, 0.2) is 11.5 Å². The van der Waals surface area contributed by atoms with Crippen LogP contribution < -0.4 is 19.9 Å². The van der Waals surface area contributed by atoms with Gasteiger partial charge in [0.25, 0.3) is 0 Å². The second-order valence-electron chi connectivity index (χ2n) is 4.40. The molecule has 19 heavy (non-hydrogen) atoms. The molecule has 1 aliphatic heterocycles. The van der Waals surface area contributed by atoms with Crippen LogP contribution in [-0.4, -0.2) is 23.7 Å². The third-order valence-corrected chi connectivity index (χ3v) is 2.98. The predicted octanol–water partition coefficient (Wildman–Crippen LogP) is 1.56.